The predicted molar refractivity (Wildman–Crippen MR) is 64.1 cm³/mol. The molecule has 0 radical (unpaired) electrons. The summed E-state index contributed by atoms with van der Waals surface area (Å²) < 4.78 is 5.44. The number of aliphatic hydroxyl groups excluding tert-OH is 1. The third-order valence-corrected chi connectivity index (χ3v) is 2.61. The third-order valence-electron chi connectivity index (χ3n) is 2.61. The fourth-order valence-electron chi connectivity index (χ4n) is 1.43. The van der Waals surface area contributed by atoms with E-state index in [1.807, 2.05) is 0 Å². The Morgan fingerprint density at radius 1 is 1.27 bits per heavy atom. The lowest BCUT2D eigenvalue weighted by molar-refractivity contribution is 0.131. The van der Waals surface area contributed by atoms with Crippen molar-refractivity contribution in [2.24, 2.45) is 5.92 Å². The van der Waals surface area contributed by atoms with Crippen LogP contribution in [0, 0.1) is 5.92 Å². The first-order valence-corrected chi connectivity index (χ1v) is 6.24. The van der Waals surface area contributed by atoms with Gasteiger partial charge in [0.15, 0.2) is 0 Å². The fraction of sp³-hybridized carbons (Fsp3) is 1.00. The number of unbranched alkanes of at least 4 members (excludes halogenated alkanes) is 1. The Labute approximate surface area is 94.2 Å². The lowest BCUT2D eigenvalue weighted by Gasteiger charge is -2.14. The monoisotopic (exact) mass is 217 g/mol. The van der Waals surface area contributed by atoms with Gasteiger partial charge < -0.3 is 15.2 Å². The van der Waals surface area contributed by atoms with Crippen LogP contribution in [0.2, 0.25) is 0 Å². The molecule has 1 atom stereocenters. The van der Waals surface area contributed by atoms with Crippen LogP contribution in [0.3, 0.4) is 0 Å². The van der Waals surface area contributed by atoms with Crippen LogP contribution in [0.1, 0.15) is 39.5 Å². The highest BCUT2D eigenvalue weighted by Crippen LogP contribution is 2.04. The molecule has 0 aromatic carbocycles. The van der Waals surface area contributed by atoms with E-state index in [-0.39, 0.29) is 0 Å². The minimum absolute atomic E-state index is 0.299. The van der Waals surface area contributed by atoms with Gasteiger partial charge in [0.1, 0.15) is 0 Å². The van der Waals surface area contributed by atoms with E-state index in [1.165, 1.54) is 6.42 Å². The van der Waals surface area contributed by atoms with Gasteiger partial charge in [0.05, 0.1) is 6.61 Å². The van der Waals surface area contributed by atoms with Crippen LogP contribution >= 0.6 is 0 Å². The number of rotatable bonds is 11. The van der Waals surface area contributed by atoms with Crippen LogP contribution < -0.4 is 5.32 Å². The number of hydrogen-bond acceptors (Lipinski definition) is 3. The molecule has 0 fully saturated rings. The normalized spacial score (nSPS) is 13.0. The summed E-state index contributed by atoms with van der Waals surface area (Å²) in [5, 5.41) is 12.2. The maximum absolute atomic E-state index is 8.82. The number of ether oxygens (including phenoxy) is 1. The summed E-state index contributed by atoms with van der Waals surface area (Å²) in [7, 11) is 0. The van der Waals surface area contributed by atoms with Crippen molar-refractivity contribution < 1.29 is 9.84 Å². The molecule has 0 aliphatic rings. The van der Waals surface area contributed by atoms with Crippen molar-refractivity contribution in [1.82, 2.24) is 5.32 Å². The van der Waals surface area contributed by atoms with E-state index in [9.17, 15) is 0 Å². The fourth-order valence-corrected chi connectivity index (χ4v) is 1.43. The van der Waals surface area contributed by atoms with E-state index >= 15 is 0 Å². The highest BCUT2D eigenvalue weighted by molar-refractivity contribution is 4.59. The van der Waals surface area contributed by atoms with E-state index in [4.69, 9.17) is 9.84 Å². The topological polar surface area (TPSA) is 41.5 Å². The molecular formula is C12H27NO2. The molecule has 3 heteroatoms. The molecule has 0 aliphatic carbocycles. The van der Waals surface area contributed by atoms with Gasteiger partial charge in [0.2, 0.25) is 0 Å². The largest absolute Gasteiger partial charge is 0.396 e. The Kier molecular flexibility index (Phi) is 11.9. The molecule has 1 unspecified atom stereocenters. The molecule has 3 nitrogen and oxygen atoms in total. The highest BCUT2D eigenvalue weighted by atomic mass is 16.5. The zero-order chi connectivity index (χ0) is 11.4. The minimum atomic E-state index is 0.299. The van der Waals surface area contributed by atoms with Crippen molar-refractivity contribution in [2.45, 2.75) is 39.5 Å². The summed E-state index contributed by atoms with van der Waals surface area (Å²) in [4.78, 5) is 0. The first-order chi connectivity index (χ1) is 7.35. The van der Waals surface area contributed by atoms with Gasteiger partial charge in [-0.15, -0.1) is 0 Å². The molecule has 0 aromatic heterocycles. The quantitative estimate of drug-likeness (QED) is 0.519. The van der Waals surface area contributed by atoms with Crippen molar-refractivity contribution in [3.63, 3.8) is 0 Å². The van der Waals surface area contributed by atoms with Crippen molar-refractivity contribution in [2.75, 3.05) is 32.9 Å². The maximum Gasteiger partial charge on any atom is 0.0590 e. The molecule has 0 aliphatic heterocycles. The van der Waals surface area contributed by atoms with E-state index < -0.39 is 0 Å². The summed E-state index contributed by atoms with van der Waals surface area (Å²) in [6, 6.07) is 0. The Morgan fingerprint density at radius 2 is 2.07 bits per heavy atom. The molecule has 0 rings (SSSR count). The summed E-state index contributed by atoms with van der Waals surface area (Å²) in [6.45, 7) is 8.23. The molecule has 0 spiro atoms. The first-order valence-electron chi connectivity index (χ1n) is 6.24. The van der Waals surface area contributed by atoms with Crippen molar-refractivity contribution >= 4 is 0 Å². The van der Waals surface area contributed by atoms with E-state index in [0.29, 0.717) is 12.5 Å². The zero-order valence-corrected chi connectivity index (χ0v) is 10.3. The molecule has 92 valence electrons. The molecule has 0 aromatic rings. The Morgan fingerprint density at radius 3 is 2.67 bits per heavy atom. The van der Waals surface area contributed by atoms with Crippen molar-refractivity contribution in [1.29, 1.82) is 0 Å². The van der Waals surface area contributed by atoms with Crippen molar-refractivity contribution in [3.8, 4) is 0 Å². The van der Waals surface area contributed by atoms with Gasteiger partial charge in [0, 0.05) is 19.8 Å². The third kappa shape index (κ3) is 10.2. The Bertz CT molecular complexity index is 120. The van der Waals surface area contributed by atoms with E-state index in [2.05, 4.69) is 19.2 Å². The standard InChI is InChI=1S/C12H27NO2/c1-3-5-9-15-10-7-13-11-12(4-2)6-8-14/h12-14H,3-11H2,1-2H3. The molecule has 0 saturated carbocycles. The van der Waals surface area contributed by atoms with Gasteiger partial charge in [-0.05, 0) is 25.3 Å². The van der Waals surface area contributed by atoms with Crippen molar-refractivity contribution in [3.05, 3.63) is 0 Å². The van der Waals surface area contributed by atoms with Crippen LogP contribution in [-0.2, 0) is 4.74 Å². The Balaban J connectivity index is 3.14. The van der Waals surface area contributed by atoms with Gasteiger partial charge in [0.25, 0.3) is 0 Å². The predicted octanol–water partition coefficient (Wildman–Crippen LogP) is 1.80. The second-order valence-corrected chi connectivity index (χ2v) is 3.96. The smallest absolute Gasteiger partial charge is 0.0590 e. The Hall–Kier alpha value is -0.120. The molecular weight excluding hydrogens is 190 g/mol. The zero-order valence-electron chi connectivity index (χ0n) is 10.3. The number of hydrogen-bond donors (Lipinski definition) is 2. The molecule has 15 heavy (non-hydrogen) atoms. The second-order valence-electron chi connectivity index (χ2n) is 3.96. The van der Waals surface area contributed by atoms with Gasteiger partial charge in [-0.25, -0.2) is 0 Å². The van der Waals surface area contributed by atoms with Crippen LogP contribution in [0.25, 0.3) is 0 Å². The molecule has 0 amide bonds. The van der Waals surface area contributed by atoms with Crippen LogP contribution in [-0.4, -0.2) is 38.0 Å². The van der Waals surface area contributed by atoms with Crippen LogP contribution in [0.4, 0.5) is 0 Å². The molecule has 0 bridgehead atoms. The van der Waals surface area contributed by atoms with E-state index in [1.54, 1.807) is 0 Å². The minimum Gasteiger partial charge on any atom is -0.396 e. The second kappa shape index (κ2) is 12.0. The van der Waals surface area contributed by atoms with Crippen LogP contribution in [0.5, 0.6) is 0 Å². The average Bonchev–Trinajstić information content (AvgIpc) is 2.26. The van der Waals surface area contributed by atoms with E-state index in [0.717, 1.165) is 45.6 Å². The molecule has 0 saturated heterocycles. The van der Waals surface area contributed by atoms with Crippen LogP contribution in [0.15, 0.2) is 0 Å². The lowest BCUT2D eigenvalue weighted by Crippen LogP contribution is -2.26. The van der Waals surface area contributed by atoms with Gasteiger partial charge >= 0.3 is 0 Å². The summed E-state index contributed by atoms with van der Waals surface area (Å²) in [5.41, 5.74) is 0. The highest BCUT2D eigenvalue weighted by Gasteiger charge is 2.03. The first kappa shape index (κ1) is 14.9. The van der Waals surface area contributed by atoms with Gasteiger partial charge in [-0.1, -0.05) is 26.7 Å². The van der Waals surface area contributed by atoms with Gasteiger partial charge in [-0.2, -0.15) is 0 Å². The summed E-state index contributed by atoms with van der Waals surface area (Å²) >= 11 is 0. The SMILES string of the molecule is CCCCOCCNCC(CC)CCO. The molecule has 0 heterocycles. The van der Waals surface area contributed by atoms with Gasteiger partial charge in [-0.3, -0.25) is 0 Å². The molecule has 2 N–H and O–H groups in total. The average molecular weight is 217 g/mol. The number of nitrogens with one attached hydrogen (secondary N) is 1. The summed E-state index contributed by atoms with van der Waals surface area (Å²) in [6.07, 6.45) is 4.38. The summed E-state index contributed by atoms with van der Waals surface area (Å²) in [5.74, 6) is 0.602. The lowest BCUT2D eigenvalue weighted by atomic mass is 10.0. The number of aliphatic hydroxyl groups is 1. The maximum atomic E-state index is 8.82.